The summed E-state index contributed by atoms with van der Waals surface area (Å²) in [5.74, 6) is 0. The van der Waals surface area contributed by atoms with Gasteiger partial charge in [0.1, 0.15) is 0 Å². The van der Waals surface area contributed by atoms with Crippen molar-refractivity contribution in [3.05, 3.63) is 12.7 Å². The zero-order valence-electron chi connectivity index (χ0n) is 7.47. The molecule has 0 saturated carbocycles. The molecule has 0 heterocycles. The average Bonchev–Trinajstić information content (AvgIpc) is 2.02. The maximum Gasteiger partial charge on any atom is 0.0701 e. The number of aliphatic hydroxyl groups is 1. The molecule has 0 aromatic rings. The summed E-state index contributed by atoms with van der Waals surface area (Å²) in [7, 11) is 1.64. The Balaban J connectivity index is 3.77. The number of methoxy groups -OCH3 is 1. The first-order chi connectivity index (χ1) is 5.18. The van der Waals surface area contributed by atoms with Crippen molar-refractivity contribution in [3.63, 3.8) is 0 Å². The van der Waals surface area contributed by atoms with Crippen molar-refractivity contribution in [3.8, 4) is 0 Å². The van der Waals surface area contributed by atoms with E-state index in [0.717, 1.165) is 6.42 Å². The van der Waals surface area contributed by atoms with Gasteiger partial charge in [0, 0.05) is 13.7 Å². The molecule has 11 heavy (non-hydrogen) atoms. The fourth-order valence-corrected chi connectivity index (χ4v) is 0.984. The Bertz CT molecular complexity index is 112. The van der Waals surface area contributed by atoms with Crippen LogP contribution in [-0.4, -0.2) is 24.4 Å². The van der Waals surface area contributed by atoms with Crippen molar-refractivity contribution in [2.45, 2.75) is 31.8 Å². The van der Waals surface area contributed by atoms with Crippen LogP contribution in [0.25, 0.3) is 0 Å². The Morgan fingerprint density at radius 2 is 2.27 bits per heavy atom. The third-order valence-corrected chi connectivity index (χ3v) is 1.95. The van der Waals surface area contributed by atoms with E-state index >= 15 is 0 Å². The molecular formula is C9H18O2. The average molecular weight is 158 g/mol. The second-order valence-electron chi connectivity index (χ2n) is 2.81. The molecule has 1 N–H and O–H groups in total. The van der Waals surface area contributed by atoms with Crippen molar-refractivity contribution in [2.24, 2.45) is 0 Å². The molecule has 0 saturated heterocycles. The lowest BCUT2D eigenvalue weighted by Crippen LogP contribution is -2.28. The standard InChI is InChI=1S/C9H18O2/c1-4-6-9(10,5-2)7-8-11-3/h4,10H,1,5-8H2,2-3H3. The summed E-state index contributed by atoms with van der Waals surface area (Å²) in [6.07, 6.45) is 3.83. The van der Waals surface area contributed by atoms with E-state index in [9.17, 15) is 5.11 Å². The van der Waals surface area contributed by atoms with E-state index in [1.165, 1.54) is 0 Å². The lowest BCUT2D eigenvalue weighted by Gasteiger charge is -2.24. The van der Waals surface area contributed by atoms with Gasteiger partial charge in [0.05, 0.1) is 5.60 Å². The molecule has 2 nitrogen and oxygen atoms in total. The van der Waals surface area contributed by atoms with Gasteiger partial charge in [-0.05, 0) is 19.3 Å². The van der Waals surface area contributed by atoms with Crippen molar-refractivity contribution in [2.75, 3.05) is 13.7 Å². The van der Waals surface area contributed by atoms with Crippen LogP contribution < -0.4 is 0 Å². The van der Waals surface area contributed by atoms with Gasteiger partial charge < -0.3 is 9.84 Å². The summed E-state index contributed by atoms with van der Waals surface area (Å²) >= 11 is 0. The number of rotatable bonds is 6. The Morgan fingerprint density at radius 1 is 1.64 bits per heavy atom. The summed E-state index contributed by atoms with van der Waals surface area (Å²) in [6.45, 7) is 6.18. The first-order valence-corrected chi connectivity index (χ1v) is 4.00. The first kappa shape index (κ1) is 10.7. The molecule has 1 atom stereocenters. The van der Waals surface area contributed by atoms with Crippen LogP contribution in [0.5, 0.6) is 0 Å². The van der Waals surface area contributed by atoms with Crippen LogP contribution in [0.3, 0.4) is 0 Å². The van der Waals surface area contributed by atoms with Gasteiger partial charge in [-0.1, -0.05) is 13.0 Å². The van der Waals surface area contributed by atoms with E-state index in [-0.39, 0.29) is 0 Å². The second-order valence-corrected chi connectivity index (χ2v) is 2.81. The van der Waals surface area contributed by atoms with E-state index in [4.69, 9.17) is 4.74 Å². The highest BCUT2D eigenvalue weighted by atomic mass is 16.5. The van der Waals surface area contributed by atoms with Gasteiger partial charge >= 0.3 is 0 Å². The third-order valence-electron chi connectivity index (χ3n) is 1.95. The number of ether oxygens (including phenoxy) is 1. The van der Waals surface area contributed by atoms with E-state index in [1.54, 1.807) is 13.2 Å². The maximum atomic E-state index is 9.80. The van der Waals surface area contributed by atoms with Gasteiger partial charge in [0.15, 0.2) is 0 Å². The lowest BCUT2D eigenvalue weighted by molar-refractivity contribution is 0.00753. The summed E-state index contributed by atoms with van der Waals surface area (Å²) in [6, 6.07) is 0. The van der Waals surface area contributed by atoms with Crippen LogP contribution in [-0.2, 0) is 4.74 Å². The summed E-state index contributed by atoms with van der Waals surface area (Å²) in [4.78, 5) is 0. The van der Waals surface area contributed by atoms with E-state index < -0.39 is 5.60 Å². The van der Waals surface area contributed by atoms with Crippen LogP contribution >= 0.6 is 0 Å². The second kappa shape index (κ2) is 5.33. The highest BCUT2D eigenvalue weighted by Gasteiger charge is 2.21. The quantitative estimate of drug-likeness (QED) is 0.597. The zero-order valence-corrected chi connectivity index (χ0v) is 7.47. The SMILES string of the molecule is C=CCC(O)(CC)CCOC. The fraction of sp³-hybridized carbons (Fsp3) is 0.778. The van der Waals surface area contributed by atoms with Gasteiger partial charge in [-0.3, -0.25) is 0 Å². The highest BCUT2D eigenvalue weighted by Crippen LogP contribution is 2.19. The van der Waals surface area contributed by atoms with E-state index in [2.05, 4.69) is 6.58 Å². The Labute approximate surface area is 68.9 Å². The van der Waals surface area contributed by atoms with Crippen molar-refractivity contribution in [1.82, 2.24) is 0 Å². The minimum Gasteiger partial charge on any atom is -0.389 e. The molecule has 0 rings (SSSR count). The van der Waals surface area contributed by atoms with Crippen molar-refractivity contribution < 1.29 is 9.84 Å². The van der Waals surface area contributed by atoms with E-state index in [1.807, 2.05) is 6.92 Å². The molecular weight excluding hydrogens is 140 g/mol. The molecule has 0 aromatic heterocycles. The summed E-state index contributed by atoms with van der Waals surface area (Å²) < 4.78 is 4.89. The van der Waals surface area contributed by atoms with Crippen LogP contribution in [0, 0.1) is 0 Å². The number of hydrogen-bond acceptors (Lipinski definition) is 2. The molecule has 66 valence electrons. The minimum absolute atomic E-state index is 0.599. The van der Waals surface area contributed by atoms with Crippen molar-refractivity contribution >= 4 is 0 Å². The highest BCUT2D eigenvalue weighted by molar-refractivity contribution is 4.85. The Hall–Kier alpha value is -0.340. The van der Waals surface area contributed by atoms with Crippen LogP contribution in [0.4, 0.5) is 0 Å². The van der Waals surface area contributed by atoms with Crippen LogP contribution in [0.1, 0.15) is 26.2 Å². The molecule has 1 unspecified atom stereocenters. The molecule has 0 aromatic carbocycles. The molecule has 0 bridgehead atoms. The zero-order chi connectivity index (χ0) is 8.74. The van der Waals surface area contributed by atoms with Gasteiger partial charge in [-0.25, -0.2) is 0 Å². The molecule has 0 fully saturated rings. The third kappa shape index (κ3) is 4.17. The topological polar surface area (TPSA) is 29.5 Å². The van der Waals surface area contributed by atoms with Gasteiger partial charge in [0.25, 0.3) is 0 Å². The smallest absolute Gasteiger partial charge is 0.0701 e. The normalized spacial score (nSPS) is 15.9. The van der Waals surface area contributed by atoms with Crippen LogP contribution in [0.2, 0.25) is 0 Å². The minimum atomic E-state index is -0.599. The molecule has 0 radical (unpaired) electrons. The predicted molar refractivity (Wildman–Crippen MR) is 46.5 cm³/mol. The molecule has 0 amide bonds. The first-order valence-electron chi connectivity index (χ1n) is 4.00. The van der Waals surface area contributed by atoms with Gasteiger partial charge in [-0.2, -0.15) is 0 Å². The van der Waals surface area contributed by atoms with Crippen LogP contribution in [0.15, 0.2) is 12.7 Å². The largest absolute Gasteiger partial charge is 0.389 e. The summed E-state index contributed by atoms with van der Waals surface area (Å²) in [5, 5.41) is 9.80. The lowest BCUT2D eigenvalue weighted by atomic mass is 9.93. The summed E-state index contributed by atoms with van der Waals surface area (Å²) in [5.41, 5.74) is -0.599. The van der Waals surface area contributed by atoms with E-state index in [0.29, 0.717) is 19.4 Å². The Kier molecular flexibility index (Phi) is 5.16. The molecule has 2 heteroatoms. The molecule has 0 aliphatic carbocycles. The van der Waals surface area contributed by atoms with Crippen molar-refractivity contribution in [1.29, 1.82) is 0 Å². The molecule has 0 aliphatic heterocycles. The number of hydrogen-bond donors (Lipinski definition) is 1. The monoisotopic (exact) mass is 158 g/mol. The fourth-order valence-electron chi connectivity index (χ4n) is 0.984. The predicted octanol–water partition coefficient (Wildman–Crippen LogP) is 1.74. The molecule has 0 spiro atoms. The maximum absolute atomic E-state index is 9.80. The molecule has 0 aliphatic rings. The van der Waals surface area contributed by atoms with Gasteiger partial charge in [0.2, 0.25) is 0 Å². The van der Waals surface area contributed by atoms with Gasteiger partial charge in [-0.15, -0.1) is 6.58 Å². The Morgan fingerprint density at radius 3 is 2.64 bits per heavy atom.